The second-order valence-corrected chi connectivity index (χ2v) is 8.52. The molecule has 0 radical (unpaired) electrons. The second-order valence-electron chi connectivity index (χ2n) is 8.52. The Hall–Kier alpha value is -2.52. The van der Waals surface area contributed by atoms with Gasteiger partial charge in [-0.15, -0.1) is 0 Å². The second kappa shape index (κ2) is 12.3. The SMILES string of the molecule is CC[C@H]1OC(O)[C@H](NC(=O)/C(C#N)=C(\C)c2ccc(NCCN3CCOCC3)cc2)[C@@H](O)[C@@H]1O. The summed E-state index contributed by atoms with van der Waals surface area (Å²) >= 11 is 0. The van der Waals surface area contributed by atoms with Crippen LogP contribution in [0.4, 0.5) is 5.69 Å². The molecule has 0 saturated carbocycles. The highest BCUT2D eigenvalue weighted by atomic mass is 16.6. The molecular formula is C24H34N4O6. The lowest BCUT2D eigenvalue weighted by Gasteiger charge is -2.40. The van der Waals surface area contributed by atoms with Crippen LogP contribution >= 0.6 is 0 Å². The lowest BCUT2D eigenvalue weighted by Crippen LogP contribution is -2.63. The smallest absolute Gasteiger partial charge is 0.262 e. The van der Waals surface area contributed by atoms with E-state index in [2.05, 4.69) is 15.5 Å². The van der Waals surface area contributed by atoms with E-state index < -0.39 is 36.6 Å². The van der Waals surface area contributed by atoms with Crippen molar-refractivity contribution >= 4 is 17.2 Å². The predicted octanol–water partition coefficient (Wildman–Crippen LogP) is 0.0616. The number of allylic oxidation sites excluding steroid dienone is 1. The Morgan fingerprint density at radius 2 is 1.85 bits per heavy atom. The standard InChI is InChI=1S/C24H34N4O6/c1-3-19-21(29)22(30)20(24(32)34-19)27-23(31)18(14-25)15(2)16-4-6-17(7-5-16)26-8-9-28-10-12-33-13-11-28/h4-7,19-22,24,26,29-30,32H,3,8-13H2,1-2H3,(H,27,31)/b18-15+/t19-,20-,21-,22-,24?/m1/s1. The number of aliphatic hydroxyl groups is 3. The van der Waals surface area contributed by atoms with Gasteiger partial charge in [-0.05, 0) is 36.6 Å². The molecule has 0 bridgehead atoms. The van der Waals surface area contributed by atoms with Crippen LogP contribution in [0.5, 0.6) is 0 Å². The fourth-order valence-corrected chi connectivity index (χ4v) is 4.13. The van der Waals surface area contributed by atoms with Crippen LogP contribution in [-0.4, -0.2) is 96.2 Å². The van der Waals surface area contributed by atoms with Crippen molar-refractivity contribution in [1.29, 1.82) is 5.26 Å². The number of nitrogens with zero attached hydrogens (tertiary/aromatic N) is 2. The van der Waals surface area contributed by atoms with Crippen LogP contribution in [0, 0.1) is 11.3 Å². The zero-order valence-electron chi connectivity index (χ0n) is 19.6. The number of morpholine rings is 1. The number of nitriles is 1. The van der Waals surface area contributed by atoms with Crippen LogP contribution < -0.4 is 10.6 Å². The molecule has 10 heteroatoms. The molecule has 2 aliphatic heterocycles. The maximum Gasteiger partial charge on any atom is 0.262 e. The molecule has 2 heterocycles. The summed E-state index contributed by atoms with van der Waals surface area (Å²) in [5, 5.41) is 46.1. The first-order valence-corrected chi connectivity index (χ1v) is 11.6. The van der Waals surface area contributed by atoms with Crippen molar-refractivity contribution in [3.05, 3.63) is 35.4 Å². The Morgan fingerprint density at radius 1 is 1.18 bits per heavy atom. The van der Waals surface area contributed by atoms with Gasteiger partial charge >= 0.3 is 0 Å². The van der Waals surface area contributed by atoms with Gasteiger partial charge in [-0.25, -0.2) is 0 Å². The Labute approximate surface area is 199 Å². The molecule has 1 unspecified atom stereocenters. The van der Waals surface area contributed by atoms with Gasteiger partial charge in [-0.2, -0.15) is 5.26 Å². The van der Waals surface area contributed by atoms with Crippen LogP contribution in [0.3, 0.4) is 0 Å². The number of amides is 1. The van der Waals surface area contributed by atoms with Crippen molar-refractivity contribution in [2.75, 3.05) is 44.7 Å². The van der Waals surface area contributed by atoms with Gasteiger partial charge in [-0.3, -0.25) is 9.69 Å². The molecule has 2 fully saturated rings. The Kier molecular flexibility index (Phi) is 9.41. The average Bonchev–Trinajstić information content (AvgIpc) is 2.85. The minimum atomic E-state index is -1.50. The number of hydrogen-bond donors (Lipinski definition) is 5. The molecule has 3 rings (SSSR count). The molecule has 1 aromatic rings. The highest BCUT2D eigenvalue weighted by molar-refractivity contribution is 6.04. The monoisotopic (exact) mass is 474 g/mol. The summed E-state index contributed by atoms with van der Waals surface area (Å²) in [6.45, 7) is 8.51. The van der Waals surface area contributed by atoms with Gasteiger partial charge in [0.15, 0.2) is 6.29 Å². The molecule has 10 nitrogen and oxygen atoms in total. The van der Waals surface area contributed by atoms with Crippen LogP contribution in [0.25, 0.3) is 5.57 Å². The third-order valence-electron chi connectivity index (χ3n) is 6.31. The van der Waals surface area contributed by atoms with E-state index >= 15 is 0 Å². The van der Waals surface area contributed by atoms with Crippen LogP contribution in [-0.2, 0) is 14.3 Å². The third-order valence-corrected chi connectivity index (χ3v) is 6.31. The zero-order chi connectivity index (χ0) is 24.7. The summed E-state index contributed by atoms with van der Waals surface area (Å²) in [6, 6.07) is 8.05. The average molecular weight is 475 g/mol. The van der Waals surface area contributed by atoms with Gasteiger partial charge < -0.3 is 35.4 Å². The number of anilines is 1. The summed E-state index contributed by atoms with van der Waals surface area (Å²) in [5.41, 5.74) is 1.92. The molecule has 5 N–H and O–H groups in total. The minimum Gasteiger partial charge on any atom is -0.388 e. The Morgan fingerprint density at radius 3 is 2.47 bits per heavy atom. The molecule has 1 aromatic carbocycles. The Bertz CT molecular complexity index is 894. The number of ether oxygens (including phenoxy) is 2. The molecule has 2 aliphatic rings. The molecule has 34 heavy (non-hydrogen) atoms. The van der Waals surface area contributed by atoms with Gasteiger partial charge in [-0.1, -0.05) is 19.1 Å². The lowest BCUT2D eigenvalue weighted by atomic mass is 9.94. The maximum absolute atomic E-state index is 12.8. The van der Waals surface area contributed by atoms with Gasteiger partial charge in [0, 0.05) is 31.9 Å². The normalized spacial score (nSPS) is 28.5. The van der Waals surface area contributed by atoms with Crippen LogP contribution in [0.2, 0.25) is 0 Å². The van der Waals surface area contributed by atoms with Crippen molar-refractivity contribution < 1.29 is 29.6 Å². The fourth-order valence-electron chi connectivity index (χ4n) is 4.13. The highest BCUT2D eigenvalue weighted by Gasteiger charge is 2.44. The summed E-state index contributed by atoms with van der Waals surface area (Å²) in [7, 11) is 0. The first-order valence-electron chi connectivity index (χ1n) is 11.6. The highest BCUT2D eigenvalue weighted by Crippen LogP contribution is 2.24. The summed E-state index contributed by atoms with van der Waals surface area (Å²) in [4.78, 5) is 15.1. The lowest BCUT2D eigenvalue weighted by molar-refractivity contribution is -0.247. The van der Waals surface area contributed by atoms with Crippen molar-refractivity contribution in [2.45, 2.75) is 50.9 Å². The van der Waals surface area contributed by atoms with Gasteiger partial charge in [0.25, 0.3) is 5.91 Å². The quantitative estimate of drug-likeness (QED) is 0.261. The van der Waals surface area contributed by atoms with Crippen LogP contribution in [0.15, 0.2) is 29.8 Å². The molecular weight excluding hydrogens is 440 g/mol. The Balaban J connectivity index is 1.62. The summed E-state index contributed by atoms with van der Waals surface area (Å²) < 4.78 is 10.6. The van der Waals surface area contributed by atoms with Crippen molar-refractivity contribution in [2.24, 2.45) is 0 Å². The number of carbonyl (C=O) groups excluding carboxylic acids is 1. The molecule has 0 spiro atoms. The van der Waals surface area contributed by atoms with E-state index in [0.29, 0.717) is 17.6 Å². The van der Waals surface area contributed by atoms with E-state index in [1.54, 1.807) is 13.8 Å². The number of hydrogen-bond acceptors (Lipinski definition) is 9. The van der Waals surface area contributed by atoms with E-state index in [1.807, 2.05) is 30.3 Å². The number of nitrogens with one attached hydrogen (secondary N) is 2. The molecule has 1 amide bonds. The number of aliphatic hydroxyl groups excluding tert-OH is 3. The van der Waals surface area contributed by atoms with E-state index in [-0.39, 0.29) is 5.57 Å². The van der Waals surface area contributed by atoms with Crippen LogP contribution in [0.1, 0.15) is 25.8 Å². The van der Waals surface area contributed by atoms with Crippen molar-refractivity contribution in [3.63, 3.8) is 0 Å². The topological polar surface area (TPSA) is 147 Å². The number of rotatable bonds is 8. The van der Waals surface area contributed by atoms with E-state index in [0.717, 1.165) is 45.1 Å². The molecule has 0 aromatic heterocycles. The first-order chi connectivity index (χ1) is 16.3. The fraction of sp³-hybridized carbons (Fsp3) is 0.583. The van der Waals surface area contributed by atoms with E-state index in [4.69, 9.17) is 9.47 Å². The van der Waals surface area contributed by atoms with Crippen molar-refractivity contribution in [1.82, 2.24) is 10.2 Å². The number of benzene rings is 1. The van der Waals surface area contributed by atoms with E-state index in [1.165, 1.54) is 0 Å². The van der Waals surface area contributed by atoms with Gasteiger partial charge in [0.1, 0.15) is 29.9 Å². The first kappa shape index (κ1) is 26.1. The molecule has 0 aliphatic carbocycles. The summed E-state index contributed by atoms with van der Waals surface area (Å²) in [6.07, 6.45) is -4.56. The van der Waals surface area contributed by atoms with Gasteiger partial charge in [0.05, 0.1) is 19.3 Å². The summed E-state index contributed by atoms with van der Waals surface area (Å²) in [5.74, 6) is -0.762. The van der Waals surface area contributed by atoms with Gasteiger partial charge in [0.2, 0.25) is 0 Å². The predicted molar refractivity (Wildman–Crippen MR) is 126 cm³/mol. The molecule has 5 atom stereocenters. The molecule has 2 saturated heterocycles. The zero-order valence-corrected chi connectivity index (χ0v) is 19.6. The minimum absolute atomic E-state index is 0.153. The van der Waals surface area contributed by atoms with Crippen molar-refractivity contribution in [3.8, 4) is 6.07 Å². The van der Waals surface area contributed by atoms with E-state index in [9.17, 15) is 25.4 Å². The third kappa shape index (κ3) is 6.33. The molecule has 186 valence electrons. The largest absolute Gasteiger partial charge is 0.388 e. The maximum atomic E-state index is 12.8. The number of carbonyl (C=O) groups is 1.